The van der Waals surface area contributed by atoms with Crippen molar-refractivity contribution in [2.24, 2.45) is 5.41 Å². The van der Waals surface area contributed by atoms with Gasteiger partial charge in [0.2, 0.25) is 11.9 Å². The normalized spacial score (nSPS) is 23.7. The summed E-state index contributed by atoms with van der Waals surface area (Å²) in [4.78, 5) is 25.4. The van der Waals surface area contributed by atoms with Crippen LogP contribution in [0.15, 0.2) is 60.7 Å². The molecule has 0 aromatic heterocycles. The lowest BCUT2D eigenvalue weighted by Gasteiger charge is -2.35. The minimum absolute atomic E-state index is 0.00484. The van der Waals surface area contributed by atoms with Crippen molar-refractivity contribution in [3.05, 3.63) is 71.8 Å². The third-order valence-corrected chi connectivity index (χ3v) is 4.90. The Balaban J connectivity index is 2.20. The summed E-state index contributed by atoms with van der Waals surface area (Å²) in [7, 11) is 0. The van der Waals surface area contributed by atoms with Crippen LogP contribution in [0.5, 0.6) is 0 Å². The van der Waals surface area contributed by atoms with Crippen molar-refractivity contribution < 1.29 is 19.1 Å². The molecule has 4 heteroatoms. The van der Waals surface area contributed by atoms with Gasteiger partial charge in [-0.3, -0.25) is 0 Å². The van der Waals surface area contributed by atoms with Gasteiger partial charge in [-0.05, 0) is 18.1 Å². The van der Waals surface area contributed by atoms with Gasteiger partial charge in [0.25, 0.3) is 0 Å². The van der Waals surface area contributed by atoms with E-state index in [0.717, 1.165) is 5.56 Å². The van der Waals surface area contributed by atoms with E-state index < -0.39 is 23.8 Å². The first kappa shape index (κ1) is 19.3. The van der Waals surface area contributed by atoms with Gasteiger partial charge in [0.15, 0.2) is 0 Å². The highest BCUT2D eigenvalue weighted by Gasteiger charge is 2.59. The van der Waals surface area contributed by atoms with Crippen LogP contribution in [0, 0.1) is 5.41 Å². The van der Waals surface area contributed by atoms with E-state index in [-0.39, 0.29) is 17.6 Å². The average Bonchev–Trinajstić information content (AvgIpc) is 2.99. The molecule has 27 heavy (non-hydrogen) atoms. The van der Waals surface area contributed by atoms with Gasteiger partial charge < -0.3 is 14.3 Å². The smallest absolute Gasteiger partial charge is 0.346 e. The van der Waals surface area contributed by atoms with Crippen LogP contribution in [0.2, 0.25) is 0 Å². The van der Waals surface area contributed by atoms with Gasteiger partial charge >= 0.3 is 5.97 Å². The molecule has 1 fully saturated rings. The third-order valence-electron chi connectivity index (χ3n) is 4.90. The molecule has 1 aliphatic heterocycles. The van der Waals surface area contributed by atoms with Gasteiger partial charge in [-0.25, -0.2) is 4.79 Å². The maximum atomic E-state index is 13.3. The first-order valence-electron chi connectivity index (χ1n) is 9.24. The first-order chi connectivity index (χ1) is 12.7. The van der Waals surface area contributed by atoms with E-state index in [1.807, 2.05) is 81.4 Å². The molecule has 4 nitrogen and oxygen atoms in total. The van der Waals surface area contributed by atoms with E-state index in [1.54, 1.807) is 0 Å². The number of carbonyl (C=O) groups is 2. The molecule has 0 spiro atoms. The largest absolute Gasteiger partial charge is 0.433 e. The topological polar surface area (TPSA) is 52.6 Å². The van der Waals surface area contributed by atoms with Crippen molar-refractivity contribution in [1.29, 1.82) is 0 Å². The SMILES string of the molecule is CC(=O)C[C@@H](c1ccccc1)[C@@]1(c2ccccc2)O[C@H](C(C)(C)C)OC1=O. The van der Waals surface area contributed by atoms with Crippen molar-refractivity contribution in [3.8, 4) is 0 Å². The molecule has 0 unspecified atom stereocenters. The second kappa shape index (κ2) is 7.28. The lowest BCUT2D eigenvalue weighted by Crippen LogP contribution is -2.41. The zero-order valence-electron chi connectivity index (χ0n) is 16.3. The fourth-order valence-corrected chi connectivity index (χ4v) is 3.55. The van der Waals surface area contributed by atoms with E-state index in [4.69, 9.17) is 9.47 Å². The zero-order valence-corrected chi connectivity index (χ0v) is 16.3. The fourth-order valence-electron chi connectivity index (χ4n) is 3.55. The maximum Gasteiger partial charge on any atom is 0.346 e. The number of ether oxygens (including phenoxy) is 2. The lowest BCUT2D eigenvalue weighted by molar-refractivity contribution is -0.158. The molecule has 1 saturated heterocycles. The molecule has 3 rings (SSSR count). The molecule has 0 radical (unpaired) electrons. The lowest BCUT2D eigenvalue weighted by atomic mass is 9.74. The van der Waals surface area contributed by atoms with Gasteiger partial charge in [0.05, 0.1) is 0 Å². The quantitative estimate of drug-likeness (QED) is 0.726. The molecular formula is C23H26O4. The highest BCUT2D eigenvalue weighted by atomic mass is 16.8. The number of ketones is 1. The van der Waals surface area contributed by atoms with E-state index in [2.05, 4.69) is 0 Å². The molecule has 0 N–H and O–H groups in total. The average molecular weight is 366 g/mol. The summed E-state index contributed by atoms with van der Waals surface area (Å²) in [6, 6.07) is 18.9. The first-order valence-corrected chi connectivity index (χ1v) is 9.24. The number of esters is 1. The second-order valence-corrected chi connectivity index (χ2v) is 8.19. The molecule has 0 aliphatic carbocycles. The maximum absolute atomic E-state index is 13.3. The summed E-state index contributed by atoms with van der Waals surface area (Å²) in [6.45, 7) is 7.44. The van der Waals surface area contributed by atoms with Crippen LogP contribution >= 0.6 is 0 Å². The monoisotopic (exact) mass is 366 g/mol. The van der Waals surface area contributed by atoms with Crippen molar-refractivity contribution in [3.63, 3.8) is 0 Å². The molecule has 1 heterocycles. The van der Waals surface area contributed by atoms with Crippen LogP contribution in [0.25, 0.3) is 0 Å². The Labute approximate surface area is 160 Å². The number of cyclic esters (lactones) is 1. The Morgan fingerprint density at radius 3 is 2.07 bits per heavy atom. The van der Waals surface area contributed by atoms with Crippen molar-refractivity contribution >= 4 is 11.8 Å². The molecule has 0 amide bonds. The summed E-state index contributed by atoms with van der Waals surface area (Å²) >= 11 is 0. The summed E-state index contributed by atoms with van der Waals surface area (Å²) in [6.07, 6.45) is -0.506. The second-order valence-electron chi connectivity index (χ2n) is 8.19. The number of rotatable bonds is 5. The Morgan fingerprint density at radius 1 is 1.04 bits per heavy atom. The third kappa shape index (κ3) is 3.67. The van der Waals surface area contributed by atoms with E-state index in [1.165, 1.54) is 6.92 Å². The van der Waals surface area contributed by atoms with Crippen molar-refractivity contribution in [1.82, 2.24) is 0 Å². The molecule has 0 saturated carbocycles. The molecule has 0 bridgehead atoms. The number of benzene rings is 2. The Morgan fingerprint density at radius 2 is 1.59 bits per heavy atom. The molecule has 3 atom stereocenters. The van der Waals surface area contributed by atoms with Gasteiger partial charge in [0.1, 0.15) is 5.78 Å². The predicted octanol–water partition coefficient (Wildman–Crippen LogP) is 4.59. The van der Waals surface area contributed by atoms with Crippen LogP contribution in [-0.4, -0.2) is 18.0 Å². The summed E-state index contributed by atoms with van der Waals surface area (Å²) in [5, 5.41) is 0. The molecule has 2 aromatic carbocycles. The van der Waals surface area contributed by atoms with Crippen LogP contribution in [0.1, 0.15) is 51.2 Å². The highest BCUT2D eigenvalue weighted by molar-refractivity contribution is 5.86. The minimum atomic E-state index is -1.35. The summed E-state index contributed by atoms with van der Waals surface area (Å²) < 4.78 is 12.1. The number of hydrogen-bond donors (Lipinski definition) is 0. The van der Waals surface area contributed by atoms with Crippen LogP contribution in [0.4, 0.5) is 0 Å². The Bertz CT molecular complexity index is 807. The van der Waals surface area contributed by atoms with Crippen LogP contribution in [-0.2, 0) is 24.7 Å². The Hall–Kier alpha value is -2.46. The predicted molar refractivity (Wildman–Crippen MR) is 103 cm³/mol. The summed E-state index contributed by atoms with van der Waals surface area (Å²) in [5.74, 6) is -0.919. The molecule has 2 aromatic rings. The Kier molecular flexibility index (Phi) is 5.20. The van der Waals surface area contributed by atoms with Crippen molar-refractivity contribution in [2.75, 3.05) is 0 Å². The summed E-state index contributed by atoms with van der Waals surface area (Å²) in [5.41, 5.74) is -0.157. The minimum Gasteiger partial charge on any atom is -0.433 e. The van der Waals surface area contributed by atoms with E-state index in [9.17, 15) is 9.59 Å². The van der Waals surface area contributed by atoms with E-state index in [0.29, 0.717) is 5.56 Å². The van der Waals surface area contributed by atoms with Crippen LogP contribution in [0.3, 0.4) is 0 Å². The number of hydrogen-bond acceptors (Lipinski definition) is 4. The highest BCUT2D eigenvalue weighted by Crippen LogP contribution is 2.50. The molecule has 1 aliphatic rings. The van der Waals surface area contributed by atoms with Gasteiger partial charge in [-0.15, -0.1) is 0 Å². The standard InChI is InChI=1S/C23H26O4/c1-16(24)15-19(17-11-7-5-8-12-17)23(18-13-9-6-10-14-18)20(25)26-21(27-23)22(2,3)4/h5-14,19,21H,15H2,1-4H3/t19-,21+,23+/m0/s1. The fraction of sp³-hybridized carbons (Fsp3) is 0.391. The molecular weight excluding hydrogens is 340 g/mol. The van der Waals surface area contributed by atoms with Gasteiger partial charge in [0, 0.05) is 17.8 Å². The van der Waals surface area contributed by atoms with Gasteiger partial charge in [-0.1, -0.05) is 81.4 Å². The van der Waals surface area contributed by atoms with Crippen LogP contribution < -0.4 is 0 Å². The van der Waals surface area contributed by atoms with E-state index >= 15 is 0 Å². The van der Waals surface area contributed by atoms with Gasteiger partial charge in [-0.2, -0.15) is 0 Å². The number of Topliss-reactive ketones (excluding diaryl/α,β-unsaturated/α-hetero) is 1. The van der Waals surface area contributed by atoms with Crippen molar-refractivity contribution in [2.45, 2.75) is 51.9 Å². The zero-order chi connectivity index (χ0) is 19.7. The molecule has 142 valence electrons. The number of carbonyl (C=O) groups excluding carboxylic acids is 2.